The standard InChI is InChI=1S/C22H45N5O/c1-6-23-21(25-18-22(26(4)5)11-15-28-16-12-22)24-17-20(19(2)3)27-13-9-7-8-10-14-27/h19-20H,6-18H2,1-5H3,(H2,23,24,25). The van der Waals surface area contributed by atoms with Crippen LogP contribution in [0, 0.1) is 5.92 Å². The average molecular weight is 396 g/mol. The summed E-state index contributed by atoms with van der Waals surface area (Å²) in [6.07, 6.45) is 7.54. The van der Waals surface area contributed by atoms with Gasteiger partial charge in [-0.25, -0.2) is 0 Å². The molecule has 2 aliphatic rings. The Bertz CT molecular complexity index is 452. The van der Waals surface area contributed by atoms with E-state index in [1.165, 1.54) is 38.8 Å². The number of hydrogen-bond donors (Lipinski definition) is 2. The molecule has 164 valence electrons. The van der Waals surface area contributed by atoms with Crippen LogP contribution < -0.4 is 10.6 Å². The molecule has 2 rings (SSSR count). The summed E-state index contributed by atoms with van der Waals surface area (Å²) < 4.78 is 5.60. The highest BCUT2D eigenvalue weighted by Gasteiger charge is 2.34. The number of likely N-dealkylation sites (N-methyl/N-ethyl adjacent to an activating group) is 1. The number of nitrogens with one attached hydrogen (secondary N) is 2. The molecule has 2 heterocycles. The first kappa shape index (κ1) is 23.4. The Labute approximate surface area is 173 Å². The molecule has 2 saturated heterocycles. The van der Waals surface area contributed by atoms with E-state index < -0.39 is 0 Å². The van der Waals surface area contributed by atoms with E-state index in [4.69, 9.17) is 9.73 Å². The molecule has 0 saturated carbocycles. The highest BCUT2D eigenvalue weighted by atomic mass is 16.5. The lowest BCUT2D eigenvalue weighted by atomic mass is 9.89. The van der Waals surface area contributed by atoms with Crippen molar-refractivity contribution in [2.75, 3.05) is 60.0 Å². The predicted octanol–water partition coefficient (Wildman–Crippen LogP) is 2.55. The highest BCUT2D eigenvalue weighted by Crippen LogP contribution is 2.26. The van der Waals surface area contributed by atoms with Crippen LogP contribution >= 0.6 is 0 Å². The first-order valence-corrected chi connectivity index (χ1v) is 11.5. The molecule has 0 amide bonds. The Morgan fingerprint density at radius 2 is 1.71 bits per heavy atom. The fourth-order valence-electron chi connectivity index (χ4n) is 4.48. The van der Waals surface area contributed by atoms with E-state index in [0.717, 1.165) is 51.6 Å². The first-order chi connectivity index (χ1) is 13.5. The van der Waals surface area contributed by atoms with Gasteiger partial charge >= 0.3 is 0 Å². The summed E-state index contributed by atoms with van der Waals surface area (Å²) in [5.74, 6) is 1.59. The first-order valence-electron chi connectivity index (χ1n) is 11.5. The number of hydrogen-bond acceptors (Lipinski definition) is 4. The zero-order chi connectivity index (χ0) is 20.4. The lowest BCUT2D eigenvalue weighted by molar-refractivity contribution is -0.00255. The summed E-state index contributed by atoms with van der Waals surface area (Å²) >= 11 is 0. The van der Waals surface area contributed by atoms with Crippen LogP contribution in [0.3, 0.4) is 0 Å². The number of ether oxygens (including phenoxy) is 1. The molecule has 2 aliphatic heterocycles. The largest absolute Gasteiger partial charge is 0.381 e. The second kappa shape index (κ2) is 12.0. The van der Waals surface area contributed by atoms with Crippen molar-refractivity contribution < 1.29 is 4.74 Å². The van der Waals surface area contributed by atoms with Gasteiger partial charge in [-0.2, -0.15) is 0 Å². The van der Waals surface area contributed by atoms with Crippen LogP contribution in [0.25, 0.3) is 0 Å². The van der Waals surface area contributed by atoms with Crippen molar-refractivity contribution >= 4 is 5.96 Å². The van der Waals surface area contributed by atoms with Gasteiger partial charge < -0.3 is 20.3 Å². The molecule has 28 heavy (non-hydrogen) atoms. The lowest BCUT2D eigenvalue weighted by Crippen LogP contribution is -2.53. The molecule has 6 nitrogen and oxygen atoms in total. The number of rotatable bonds is 8. The molecular weight excluding hydrogens is 350 g/mol. The van der Waals surface area contributed by atoms with E-state index in [9.17, 15) is 0 Å². The quantitative estimate of drug-likeness (QED) is 0.489. The molecular formula is C22H45N5O. The average Bonchev–Trinajstić information content (AvgIpc) is 2.96. The molecule has 0 aromatic carbocycles. The zero-order valence-electron chi connectivity index (χ0n) is 19.1. The van der Waals surface area contributed by atoms with E-state index in [1.54, 1.807) is 0 Å². The van der Waals surface area contributed by atoms with Crippen molar-refractivity contribution in [1.29, 1.82) is 0 Å². The monoisotopic (exact) mass is 395 g/mol. The van der Waals surface area contributed by atoms with E-state index in [0.29, 0.717) is 12.0 Å². The fraction of sp³-hybridized carbons (Fsp3) is 0.955. The lowest BCUT2D eigenvalue weighted by Gasteiger charge is -2.41. The van der Waals surface area contributed by atoms with Gasteiger partial charge in [0.1, 0.15) is 0 Å². The Morgan fingerprint density at radius 1 is 1.07 bits per heavy atom. The molecule has 0 aromatic heterocycles. The Morgan fingerprint density at radius 3 is 2.25 bits per heavy atom. The summed E-state index contributed by atoms with van der Waals surface area (Å²) in [7, 11) is 4.35. The smallest absolute Gasteiger partial charge is 0.191 e. The number of aliphatic imine (C=N–C) groups is 1. The molecule has 2 fully saturated rings. The van der Waals surface area contributed by atoms with Crippen LogP contribution in [0.15, 0.2) is 4.99 Å². The number of nitrogens with zero attached hydrogens (tertiary/aromatic N) is 3. The van der Waals surface area contributed by atoms with E-state index in [-0.39, 0.29) is 5.54 Å². The third-order valence-corrected chi connectivity index (χ3v) is 6.61. The predicted molar refractivity (Wildman–Crippen MR) is 119 cm³/mol. The molecule has 0 aromatic rings. The molecule has 6 heteroatoms. The maximum atomic E-state index is 5.60. The SMILES string of the molecule is CCNC(=NCC1(N(C)C)CCOCC1)NCC(C(C)C)N1CCCCCC1. The van der Waals surface area contributed by atoms with Crippen molar-refractivity contribution in [3.8, 4) is 0 Å². The van der Waals surface area contributed by atoms with Gasteiger partial charge in [0, 0.05) is 37.9 Å². The van der Waals surface area contributed by atoms with Crippen LogP contribution in [-0.4, -0.2) is 87.4 Å². The van der Waals surface area contributed by atoms with Gasteiger partial charge in [0.25, 0.3) is 0 Å². The Kier molecular flexibility index (Phi) is 10.0. The molecule has 0 bridgehead atoms. The Hall–Kier alpha value is -0.850. The van der Waals surface area contributed by atoms with Crippen LogP contribution in [0.5, 0.6) is 0 Å². The maximum absolute atomic E-state index is 5.60. The second-order valence-electron chi connectivity index (χ2n) is 9.07. The normalized spacial score (nSPS) is 22.9. The van der Waals surface area contributed by atoms with Crippen molar-refractivity contribution in [3.05, 3.63) is 0 Å². The molecule has 2 N–H and O–H groups in total. The van der Waals surface area contributed by atoms with Crippen molar-refractivity contribution in [2.45, 2.75) is 70.9 Å². The van der Waals surface area contributed by atoms with Gasteiger partial charge in [0.15, 0.2) is 5.96 Å². The Balaban J connectivity index is 2.00. The maximum Gasteiger partial charge on any atom is 0.191 e. The topological polar surface area (TPSA) is 52.1 Å². The summed E-state index contributed by atoms with van der Waals surface area (Å²) in [6.45, 7) is 13.7. The molecule has 0 aliphatic carbocycles. The second-order valence-corrected chi connectivity index (χ2v) is 9.07. The molecule has 0 spiro atoms. The zero-order valence-corrected chi connectivity index (χ0v) is 19.1. The molecule has 1 unspecified atom stereocenters. The van der Waals surface area contributed by atoms with E-state index >= 15 is 0 Å². The third-order valence-electron chi connectivity index (χ3n) is 6.61. The summed E-state index contributed by atoms with van der Waals surface area (Å²) in [5.41, 5.74) is 0.114. The van der Waals surface area contributed by atoms with Gasteiger partial charge in [-0.15, -0.1) is 0 Å². The van der Waals surface area contributed by atoms with Crippen molar-refractivity contribution in [3.63, 3.8) is 0 Å². The summed E-state index contributed by atoms with van der Waals surface area (Å²) in [6, 6.07) is 0.563. The van der Waals surface area contributed by atoms with E-state index in [1.807, 2.05) is 0 Å². The van der Waals surface area contributed by atoms with Gasteiger partial charge in [-0.1, -0.05) is 26.7 Å². The minimum absolute atomic E-state index is 0.114. The van der Waals surface area contributed by atoms with Crippen LogP contribution in [0.4, 0.5) is 0 Å². The highest BCUT2D eigenvalue weighted by molar-refractivity contribution is 5.79. The van der Waals surface area contributed by atoms with Crippen molar-refractivity contribution in [2.24, 2.45) is 10.9 Å². The van der Waals surface area contributed by atoms with Gasteiger partial charge in [-0.3, -0.25) is 9.89 Å². The third kappa shape index (κ3) is 6.89. The van der Waals surface area contributed by atoms with Gasteiger partial charge in [0.2, 0.25) is 0 Å². The van der Waals surface area contributed by atoms with Gasteiger partial charge in [0.05, 0.1) is 6.54 Å². The number of guanidine groups is 1. The van der Waals surface area contributed by atoms with Crippen LogP contribution in [-0.2, 0) is 4.74 Å². The van der Waals surface area contributed by atoms with E-state index in [2.05, 4.69) is 55.3 Å². The fourth-order valence-corrected chi connectivity index (χ4v) is 4.48. The number of likely N-dealkylation sites (tertiary alicyclic amines) is 1. The minimum atomic E-state index is 0.114. The molecule has 0 radical (unpaired) electrons. The summed E-state index contributed by atoms with van der Waals surface area (Å²) in [5, 5.41) is 7.12. The van der Waals surface area contributed by atoms with Gasteiger partial charge in [-0.05, 0) is 65.7 Å². The minimum Gasteiger partial charge on any atom is -0.381 e. The summed E-state index contributed by atoms with van der Waals surface area (Å²) in [4.78, 5) is 10.1. The molecule has 1 atom stereocenters. The van der Waals surface area contributed by atoms with Crippen LogP contribution in [0.1, 0.15) is 59.3 Å². The van der Waals surface area contributed by atoms with Crippen LogP contribution in [0.2, 0.25) is 0 Å². The van der Waals surface area contributed by atoms with Crippen molar-refractivity contribution in [1.82, 2.24) is 20.4 Å².